The topological polar surface area (TPSA) is 93.3 Å². The molecule has 0 saturated carbocycles. The first-order valence-electron chi connectivity index (χ1n) is 9.93. The molecule has 8 heteroatoms. The molecule has 0 radical (unpaired) electrons. The molecule has 5 rings (SSSR count). The second kappa shape index (κ2) is 7.63. The molecule has 2 N–H and O–H groups in total. The van der Waals surface area contributed by atoms with Crippen molar-refractivity contribution in [3.63, 3.8) is 0 Å². The zero-order chi connectivity index (χ0) is 19.6. The number of rotatable bonds is 3. The number of hydrogen-bond acceptors (Lipinski definition) is 8. The molecule has 148 valence electrons. The summed E-state index contributed by atoms with van der Waals surface area (Å²) in [5, 5.41) is 0. The predicted molar refractivity (Wildman–Crippen MR) is 112 cm³/mol. The predicted octanol–water partition coefficient (Wildman–Crippen LogP) is 2.44. The van der Waals surface area contributed by atoms with Crippen molar-refractivity contribution < 1.29 is 4.74 Å². The first kappa shape index (κ1) is 17.8. The number of fused-ring (bicyclic) bond motifs is 1. The van der Waals surface area contributed by atoms with E-state index in [1.54, 1.807) is 12.4 Å². The summed E-state index contributed by atoms with van der Waals surface area (Å²) >= 11 is 0. The molecule has 1 fully saturated rings. The van der Waals surface area contributed by atoms with Gasteiger partial charge in [-0.3, -0.25) is 0 Å². The van der Waals surface area contributed by atoms with Crippen LogP contribution in [0.1, 0.15) is 12.0 Å². The summed E-state index contributed by atoms with van der Waals surface area (Å²) in [4.78, 5) is 22.5. The summed E-state index contributed by atoms with van der Waals surface area (Å²) in [5.41, 5.74) is 9.84. The van der Waals surface area contributed by atoms with Gasteiger partial charge in [-0.15, -0.1) is 0 Å². The number of benzene rings is 1. The minimum absolute atomic E-state index is 0.251. The highest BCUT2D eigenvalue weighted by Gasteiger charge is 2.23. The largest absolute Gasteiger partial charge is 0.378 e. The highest BCUT2D eigenvalue weighted by Crippen LogP contribution is 2.34. The molecule has 0 atom stereocenters. The van der Waals surface area contributed by atoms with E-state index in [1.165, 1.54) is 11.3 Å². The molecule has 2 aliphatic rings. The van der Waals surface area contributed by atoms with E-state index in [4.69, 9.17) is 20.4 Å². The molecular weight excluding hydrogens is 366 g/mol. The van der Waals surface area contributed by atoms with Crippen molar-refractivity contribution in [2.24, 2.45) is 0 Å². The van der Waals surface area contributed by atoms with Gasteiger partial charge >= 0.3 is 0 Å². The zero-order valence-corrected chi connectivity index (χ0v) is 16.2. The minimum Gasteiger partial charge on any atom is -0.378 e. The van der Waals surface area contributed by atoms with Crippen LogP contribution in [0.15, 0.2) is 42.7 Å². The quantitative estimate of drug-likeness (QED) is 0.730. The van der Waals surface area contributed by atoms with Crippen LogP contribution in [-0.2, 0) is 11.2 Å². The van der Waals surface area contributed by atoms with Gasteiger partial charge in [0.05, 0.1) is 18.9 Å². The Kier molecular flexibility index (Phi) is 4.69. The molecule has 3 aromatic rings. The van der Waals surface area contributed by atoms with Crippen LogP contribution in [0.3, 0.4) is 0 Å². The van der Waals surface area contributed by atoms with Crippen molar-refractivity contribution in [3.05, 3.63) is 48.3 Å². The third-order valence-corrected chi connectivity index (χ3v) is 5.35. The van der Waals surface area contributed by atoms with Gasteiger partial charge in [0.25, 0.3) is 0 Å². The summed E-state index contributed by atoms with van der Waals surface area (Å²) in [6, 6.07) is 10.5. The monoisotopic (exact) mass is 389 g/mol. The Morgan fingerprint density at radius 2 is 1.76 bits per heavy atom. The molecule has 0 spiro atoms. The van der Waals surface area contributed by atoms with Crippen molar-refractivity contribution in [2.75, 3.05) is 48.4 Å². The molecular formula is C21H23N7O. The molecule has 8 nitrogen and oxygen atoms in total. The molecule has 0 aliphatic carbocycles. The molecule has 0 amide bonds. The first-order valence-corrected chi connectivity index (χ1v) is 9.93. The van der Waals surface area contributed by atoms with E-state index in [0.717, 1.165) is 49.6 Å². The number of nitrogens with zero attached hydrogens (tertiary/aromatic N) is 6. The highest BCUT2D eigenvalue weighted by atomic mass is 16.5. The van der Waals surface area contributed by atoms with Crippen LogP contribution in [0.5, 0.6) is 0 Å². The van der Waals surface area contributed by atoms with Gasteiger partial charge in [-0.25, -0.2) is 15.0 Å². The Bertz CT molecular complexity index is 1000. The number of anilines is 4. The first-order chi connectivity index (χ1) is 14.3. The summed E-state index contributed by atoms with van der Waals surface area (Å²) in [6.07, 6.45) is 5.60. The maximum absolute atomic E-state index is 5.67. The van der Waals surface area contributed by atoms with Crippen LogP contribution < -0.4 is 15.5 Å². The molecule has 0 unspecified atom stereocenters. The molecule has 29 heavy (non-hydrogen) atoms. The number of ether oxygens (including phenoxy) is 1. The van der Waals surface area contributed by atoms with E-state index in [0.29, 0.717) is 19.2 Å². The van der Waals surface area contributed by atoms with Crippen molar-refractivity contribution in [3.8, 4) is 11.3 Å². The van der Waals surface area contributed by atoms with Crippen molar-refractivity contribution in [1.29, 1.82) is 0 Å². The lowest BCUT2D eigenvalue weighted by Gasteiger charge is -2.32. The number of nitrogens with two attached hydrogens (primary N) is 1. The molecule has 2 aromatic heterocycles. The highest BCUT2D eigenvalue weighted by molar-refractivity contribution is 5.71. The van der Waals surface area contributed by atoms with Crippen molar-refractivity contribution >= 4 is 23.4 Å². The number of para-hydroxylation sites is 1. The Morgan fingerprint density at radius 1 is 0.966 bits per heavy atom. The van der Waals surface area contributed by atoms with Crippen LogP contribution in [0.25, 0.3) is 11.3 Å². The number of aromatic nitrogens is 4. The zero-order valence-electron chi connectivity index (χ0n) is 16.2. The fraction of sp³-hybridized carbons (Fsp3) is 0.333. The van der Waals surface area contributed by atoms with Crippen LogP contribution >= 0.6 is 0 Å². The lowest BCUT2D eigenvalue weighted by Crippen LogP contribution is -2.37. The van der Waals surface area contributed by atoms with Gasteiger partial charge in [0.15, 0.2) is 0 Å². The number of nitrogen functional groups attached to an aromatic ring is 1. The second-order valence-corrected chi connectivity index (χ2v) is 7.22. The van der Waals surface area contributed by atoms with Crippen molar-refractivity contribution in [1.82, 2.24) is 19.9 Å². The number of hydrogen-bond donors (Lipinski definition) is 1. The van der Waals surface area contributed by atoms with E-state index < -0.39 is 0 Å². The minimum atomic E-state index is 0.251. The fourth-order valence-electron chi connectivity index (χ4n) is 3.85. The molecule has 0 bridgehead atoms. The van der Waals surface area contributed by atoms with Crippen LogP contribution in [0.4, 0.5) is 23.4 Å². The van der Waals surface area contributed by atoms with Gasteiger partial charge < -0.3 is 20.3 Å². The summed E-state index contributed by atoms with van der Waals surface area (Å²) in [7, 11) is 0. The molecule has 1 aromatic carbocycles. The van der Waals surface area contributed by atoms with Gasteiger partial charge in [0, 0.05) is 49.3 Å². The standard InChI is InChI=1S/C21H23N7O/c22-20-23-13-16(14-24-20)17-12-19(26-21(25-17)27-8-10-29-11-9-27)28-7-3-5-15-4-1-2-6-18(15)28/h1-2,4,6,12-14H,3,5,7-11H2,(H2,22,23,24). The van der Waals surface area contributed by atoms with Gasteiger partial charge in [0.2, 0.25) is 11.9 Å². The Balaban J connectivity index is 1.61. The third kappa shape index (κ3) is 3.58. The molecule has 1 saturated heterocycles. The van der Waals surface area contributed by atoms with E-state index in [1.807, 2.05) is 6.07 Å². The van der Waals surface area contributed by atoms with Gasteiger partial charge in [-0.05, 0) is 24.5 Å². The summed E-state index contributed by atoms with van der Waals surface area (Å²) in [5.74, 6) is 1.85. The average molecular weight is 389 g/mol. The lowest BCUT2D eigenvalue weighted by atomic mass is 10.0. The Labute approximate surface area is 169 Å². The maximum atomic E-state index is 5.67. The van der Waals surface area contributed by atoms with E-state index in [9.17, 15) is 0 Å². The van der Waals surface area contributed by atoms with Gasteiger partial charge in [-0.1, -0.05) is 18.2 Å². The van der Waals surface area contributed by atoms with Gasteiger partial charge in [-0.2, -0.15) is 4.98 Å². The molecule has 4 heterocycles. The van der Waals surface area contributed by atoms with Crippen LogP contribution in [-0.4, -0.2) is 52.8 Å². The second-order valence-electron chi connectivity index (χ2n) is 7.22. The smallest absolute Gasteiger partial charge is 0.228 e. The van der Waals surface area contributed by atoms with E-state index in [2.05, 4.69) is 44.0 Å². The average Bonchev–Trinajstić information content (AvgIpc) is 2.79. The third-order valence-electron chi connectivity index (χ3n) is 5.35. The summed E-state index contributed by atoms with van der Waals surface area (Å²) in [6.45, 7) is 3.84. The van der Waals surface area contributed by atoms with Crippen LogP contribution in [0.2, 0.25) is 0 Å². The van der Waals surface area contributed by atoms with Crippen LogP contribution in [0, 0.1) is 0 Å². The van der Waals surface area contributed by atoms with Gasteiger partial charge in [0.1, 0.15) is 5.82 Å². The summed E-state index contributed by atoms with van der Waals surface area (Å²) < 4.78 is 5.50. The van der Waals surface area contributed by atoms with E-state index >= 15 is 0 Å². The lowest BCUT2D eigenvalue weighted by molar-refractivity contribution is 0.122. The normalized spacial score (nSPS) is 16.6. The molecule has 2 aliphatic heterocycles. The SMILES string of the molecule is Nc1ncc(-c2cc(N3CCCc4ccccc43)nc(N3CCOCC3)n2)cn1. The Hall–Kier alpha value is -3.26. The Morgan fingerprint density at radius 3 is 2.59 bits per heavy atom. The van der Waals surface area contributed by atoms with Crippen molar-refractivity contribution in [2.45, 2.75) is 12.8 Å². The maximum Gasteiger partial charge on any atom is 0.228 e. The van der Waals surface area contributed by atoms with E-state index in [-0.39, 0.29) is 5.95 Å². The fourth-order valence-corrected chi connectivity index (χ4v) is 3.85. The number of aryl methyl sites for hydroxylation is 1. The number of morpholine rings is 1.